The smallest absolute Gasteiger partial charge is 0.126 e. The molecule has 2 unspecified atom stereocenters. The van der Waals surface area contributed by atoms with Gasteiger partial charge in [0.05, 0.1) is 6.10 Å². The molecule has 100 valence electrons. The maximum absolute atomic E-state index is 13.2. The highest BCUT2D eigenvalue weighted by Gasteiger charge is 2.23. The van der Waals surface area contributed by atoms with Gasteiger partial charge in [0.15, 0.2) is 0 Å². The van der Waals surface area contributed by atoms with Gasteiger partial charge in [0.1, 0.15) is 11.6 Å². The van der Waals surface area contributed by atoms with Gasteiger partial charge >= 0.3 is 0 Å². The Hall–Kier alpha value is -1.85. The van der Waals surface area contributed by atoms with Gasteiger partial charge in [-0.05, 0) is 29.8 Å². The minimum absolute atomic E-state index is 0.121. The van der Waals surface area contributed by atoms with Crippen LogP contribution in [0.4, 0.5) is 8.78 Å². The summed E-state index contributed by atoms with van der Waals surface area (Å²) < 4.78 is 26.3. The minimum atomic E-state index is -1.11. The zero-order valence-electron chi connectivity index (χ0n) is 10.1. The molecular weight excluding hydrogens is 250 g/mol. The van der Waals surface area contributed by atoms with Crippen LogP contribution in [0.15, 0.2) is 42.6 Å². The third-order valence-corrected chi connectivity index (χ3v) is 2.93. The highest BCUT2D eigenvalue weighted by Crippen LogP contribution is 2.29. The maximum atomic E-state index is 13.2. The fourth-order valence-corrected chi connectivity index (χ4v) is 1.98. The molecule has 0 saturated carbocycles. The number of halogens is 2. The van der Waals surface area contributed by atoms with E-state index < -0.39 is 23.7 Å². The van der Waals surface area contributed by atoms with Gasteiger partial charge in [0.25, 0.3) is 0 Å². The van der Waals surface area contributed by atoms with Crippen molar-refractivity contribution in [3.63, 3.8) is 0 Å². The number of nitrogens with zero attached hydrogens (tertiary/aromatic N) is 1. The highest BCUT2D eigenvalue weighted by molar-refractivity contribution is 5.24. The van der Waals surface area contributed by atoms with E-state index in [9.17, 15) is 13.9 Å². The van der Waals surface area contributed by atoms with Gasteiger partial charge in [-0.25, -0.2) is 8.78 Å². The number of aliphatic hydroxyl groups excluding tert-OH is 1. The van der Waals surface area contributed by atoms with Crippen LogP contribution in [0.3, 0.4) is 0 Å². The van der Waals surface area contributed by atoms with Crippen LogP contribution in [0.2, 0.25) is 0 Å². The number of nitrogens with two attached hydrogens (primary N) is 1. The van der Waals surface area contributed by atoms with Crippen LogP contribution in [0.1, 0.15) is 23.3 Å². The first kappa shape index (κ1) is 13.6. The summed E-state index contributed by atoms with van der Waals surface area (Å²) >= 11 is 0. The van der Waals surface area contributed by atoms with Crippen molar-refractivity contribution in [2.24, 2.45) is 5.73 Å². The lowest BCUT2D eigenvalue weighted by Crippen LogP contribution is -2.21. The summed E-state index contributed by atoms with van der Waals surface area (Å²) in [6.07, 6.45) is 0.474. The van der Waals surface area contributed by atoms with Gasteiger partial charge in [-0.3, -0.25) is 4.98 Å². The molecule has 3 nitrogen and oxygen atoms in total. The molecule has 0 radical (unpaired) electrons. The molecule has 0 saturated heterocycles. The van der Waals surface area contributed by atoms with Crippen molar-refractivity contribution in [1.82, 2.24) is 4.98 Å². The largest absolute Gasteiger partial charge is 0.388 e. The Morgan fingerprint density at radius 2 is 1.84 bits per heavy atom. The number of pyridine rings is 1. The van der Waals surface area contributed by atoms with Crippen molar-refractivity contribution >= 4 is 0 Å². The zero-order chi connectivity index (χ0) is 13.8. The predicted octanol–water partition coefficient (Wildman–Crippen LogP) is 2.14. The molecule has 2 atom stereocenters. The Kier molecular flexibility index (Phi) is 4.19. The Labute approximate surface area is 109 Å². The number of aromatic nitrogens is 1. The van der Waals surface area contributed by atoms with E-state index in [4.69, 9.17) is 5.73 Å². The summed E-state index contributed by atoms with van der Waals surface area (Å²) in [7, 11) is 0. The second-order valence-electron chi connectivity index (χ2n) is 4.24. The monoisotopic (exact) mass is 264 g/mol. The average Bonchev–Trinajstić information content (AvgIpc) is 2.39. The number of aliphatic hydroxyl groups is 1. The maximum Gasteiger partial charge on any atom is 0.126 e. The quantitative estimate of drug-likeness (QED) is 0.889. The lowest BCUT2D eigenvalue weighted by atomic mass is 9.92. The molecule has 0 aliphatic heterocycles. The fourth-order valence-electron chi connectivity index (χ4n) is 1.98. The van der Waals surface area contributed by atoms with Gasteiger partial charge in [-0.2, -0.15) is 0 Å². The summed E-state index contributed by atoms with van der Waals surface area (Å²) in [5, 5.41) is 10.2. The van der Waals surface area contributed by atoms with E-state index in [1.807, 2.05) is 0 Å². The number of hydrogen-bond donors (Lipinski definition) is 2. The Balaban J connectivity index is 2.33. The molecule has 19 heavy (non-hydrogen) atoms. The van der Waals surface area contributed by atoms with Gasteiger partial charge < -0.3 is 10.8 Å². The second-order valence-corrected chi connectivity index (χ2v) is 4.24. The summed E-state index contributed by atoms with van der Waals surface area (Å²) in [4.78, 5) is 4.11. The molecule has 0 aliphatic carbocycles. The summed E-state index contributed by atoms with van der Waals surface area (Å²) in [5.74, 6) is -1.97. The first-order chi connectivity index (χ1) is 9.11. The van der Waals surface area contributed by atoms with Crippen LogP contribution in [0, 0.1) is 11.6 Å². The lowest BCUT2D eigenvalue weighted by Gasteiger charge is -2.21. The van der Waals surface area contributed by atoms with E-state index in [2.05, 4.69) is 4.98 Å². The summed E-state index contributed by atoms with van der Waals surface area (Å²) in [6, 6.07) is 8.18. The van der Waals surface area contributed by atoms with Crippen molar-refractivity contribution in [2.75, 3.05) is 6.54 Å². The Bertz CT molecular complexity index is 528. The molecule has 1 aromatic heterocycles. The van der Waals surface area contributed by atoms with Crippen molar-refractivity contribution in [1.29, 1.82) is 0 Å². The molecular formula is C14H14F2N2O. The molecule has 3 N–H and O–H groups in total. The zero-order valence-corrected chi connectivity index (χ0v) is 10.1. The highest BCUT2D eigenvalue weighted by atomic mass is 19.1. The number of benzene rings is 1. The molecule has 1 heterocycles. The Morgan fingerprint density at radius 3 is 2.37 bits per heavy atom. The van der Waals surface area contributed by atoms with E-state index in [-0.39, 0.29) is 12.1 Å². The molecule has 2 aromatic rings. The van der Waals surface area contributed by atoms with Crippen LogP contribution in [0.25, 0.3) is 0 Å². The summed E-state index contributed by atoms with van der Waals surface area (Å²) in [6.45, 7) is 0.121. The number of hydrogen-bond acceptors (Lipinski definition) is 3. The van der Waals surface area contributed by atoms with Crippen molar-refractivity contribution < 1.29 is 13.9 Å². The predicted molar refractivity (Wildman–Crippen MR) is 67.4 cm³/mol. The second kappa shape index (κ2) is 5.86. The first-order valence-corrected chi connectivity index (χ1v) is 5.87. The van der Waals surface area contributed by atoms with Crippen LogP contribution >= 0.6 is 0 Å². The molecule has 0 spiro atoms. The van der Waals surface area contributed by atoms with E-state index in [0.29, 0.717) is 5.69 Å². The average molecular weight is 264 g/mol. The summed E-state index contributed by atoms with van der Waals surface area (Å²) in [5.41, 5.74) is 6.37. The van der Waals surface area contributed by atoms with Crippen molar-refractivity contribution in [2.45, 2.75) is 12.0 Å². The van der Waals surface area contributed by atoms with Crippen molar-refractivity contribution in [3.8, 4) is 0 Å². The SMILES string of the molecule is NCC(c1ccccn1)C(O)c1cc(F)cc(F)c1. The van der Waals surface area contributed by atoms with Gasteiger partial charge in [0.2, 0.25) is 0 Å². The normalized spacial score (nSPS) is 14.1. The van der Waals surface area contributed by atoms with Gasteiger partial charge in [-0.1, -0.05) is 6.07 Å². The minimum Gasteiger partial charge on any atom is -0.388 e. The van der Waals surface area contributed by atoms with Crippen LogP contribution in [-0.2, 0) is 0 Å². The van der Waals surface area contributed by atoms with E-state index in [0.717, 1.165) is 18.2 Å². The molecule has 0 aliphatic rings. The molecule has 1 aromatic carbocycles. The topological polar surface area (TPSA) is 59.1 Å². The van der Waals surface area contributed by atoms with Crippen LogP contribution in [0.5, 0.6) is 0 Å². The van der Waals surface area contributed by atoms with Crippen molar-refractivity contribution in [3.05, 3.63) is 65.5 Å². The molecule has 2 rings (SSSR count). The standard InChI is InChI=1S/C14H14F2N2O/c15-10-5-9(6-11(16)7-10)14(19)12(8-17)13-3-1-2-4-18-13/h1-7,12,14,19H,8,17H2. The number of rotatable bonds is 4. The third kappa shape index (κ3) is 3.13. The van der Waals surface area contributed by atoms with Crippen LogP contribution < -0.4 is 5.73 Å². The third-order valence-electron chi connectivity index (χ3n) is 2.93. The first-order valence-electron chi connectivity index (χ1n) is 5.87. The molecule has 0 fully saturated rings. The molecule has 0 amide bonds. The lowest BCUT2D eigenvalue weighted by molar-refractivity contribution is 0.145. The van der Waals surface area contributed by atoms with Gasteiger partial charge in [-0.15, -0.1) is 0 Å². The fraction of sp³-hybridized carbons (Fsp3) is 0.214. The van der Waals surface area contributed by atoms with E-state index in [1.165, 1.54) is 0 Å². The van der Waals surface area contributed by atoms with E-state index >= 15 is 0 Å². The molecule has 0 bridgehead atoms. The molecule has 5 heteroatoms. The van der Waals surface area contributed by atoms with E-state index in [1.54, 1.807) is 24.4 Å². The van der Waals surface area contributed by atoms with Gasteiger partial charge in [0, 0.05) is 30.4 Å². The van der Waals surface area contributed by atoms with Crippen LogP contribution in [-0.4, -0.2) is 16.6 Å². The Morgan fingerprint density at radius 1 is 1.16 bits per heavy atom.